The maximum absolute atomic E-state index is 12.5. The number of sulfonamides is 1. The second-order valence-electron chi connectivity index (χ2n) is 6.18. The van der Waals surface area contributed by atoms with Crippen molar-refractivity contribution < 1.29 is 13.2 Å². The molecule has 7 nitrogen and oxygen atoms in total. The average Bonchev–Trinajstić information content (AvgIpc) is 3.07. The molecule has 3 aromatic rings. The number of hydrogen-bond donors (Lipinski definition) is 1. The van der Waals surface area contributed by atoms with Crippen molar-refractivity contribution in [2.24, 2.45) is 7.05 Å². The smallest absolute Gasteiger partial charge is 0.261 e. The topological polar surface area (TPSA) is 84.3 Å². The van der Waals surface area contributed by atoms with Gasteiger partial charge in [0.1, 0.15) is 0 Å². The van der Waals surface area contributed by atoms with Gasteiger partial charge in [-0.15, -0.1) is 0 Å². The molecule has 0 radical (unpaired) electrons. The van der Waals surface area contributed by atoms with E-state index in [-0.39, 0.29) is 10.8 Å². The van der Waals surface area contributed by atoms with E-state index >= 15 is 0 Å². The van der Waals surface area contributed by atoms with E-state index in [9.17, 15) is 13.2 Å². The fourth-order valence-corrected chi connectivity index (χ4v) is 3.69. The van der Waals surface area contributed by atoms with Crippen molar-refractivity contribution in [3.05, 3.63) is 78.1 Å². The molecule has 140 valence electrons. The predicted molar refractivity (Wildman–Crippen MR) is 103 cm³/mol. The van der Waals surface area contributed by atoms with Crippen molar-refractivity contribution in [3.8, 4) is 0 Å². The SMILES string of the molecule is CN(Cc1cnn(C)c1)C(=O)c1ccc(NS(=O)(=O)c2ccccc2)cc1. The van der Waals surface area contributed by atoms with Gasteiger partial charge in [0.2, 0.25) is 0 Å². The third-order valence-electron chi connectivity index (χ3n) is 3.96. The Balaban J connectivity index is 1.68. The van der Waals surface area contributed by atoms with Gasteiger partial charge >= 0.3 is 0 Å². The van der Waals surface area contributed by atoms with Crippen LogP contribution < -0.4 is 4.72 Å². The Bertz CT molecular complexity index is 1030. The number of rotatable bonds is 6. The van der Waals surface area contributed by atoms with Crippen molar-refractivity contribution in [2.75, 3.05) is 11.8 Å². The van der Waals surface area contributed by atoms with Crippen LogP contribution in [0.4, 0.5) is 5.69 Å². The van der Waals surface area contributed by atoms with Crippen LogP contribution in [0.2, 0.25) is 0 Å². The minimum Gasteiger partial charge on any atom is -0.337 e. The van der Waals surface area contributed by atoms with Crippen LogP contribution in [0.15, 0.2) is 71.9 Å². The third-order valence-corrected chi connectivity index (χ3v) is 5.36. The van der Waals surface area contributed by atoms with E-state index in [1.54, 1.807) is 65.3 Å². The number of nitrogens with zero attached hydrogens (tertiary/aromatic N) is 3. The Morgan fingerprint density at radius 1 is 1.11 bits per heavy atom. The molecule has 1 heterocycles. The number of amides is 1. The first-order valence-corrected chi connectivity index (χ1v) is 9.74. The number of nitrogens with one attached hydrogen (secondary N) is 1. The maximum atomic E-state index is 12.5. The highest BCUT2D eigenvalue weighted by Gasteiger charge is 2.15. The molecule has 8 heteroatoms. The summed E-state index contributed by atoms with van der Waals surface area (Å²) in [7, 11) is -0.126. The third kappa shape index (κ3) is 4.53. The zero-order valence-corrected chi connectivity index (χ0v) is 15.8. The summed E-state index contributed by atoms with van der Waals surface area (Å²) in [5.41, 5.74) is 1.80. The second-order valence-corrected chi connectivity index (χ2v) is 7.86. The number of carbonyl (C=O) groups excluding carboxylic acids is 1. The number of aromatic nitrogens is 2. The van der Waals surface area contributed by atoms with Gasteiger partial charge in [0.15, 0.2) is 0 Å². The van der Waals surface area contributed by atoms with Gasteiger partial charge in [0.05, 0.1) is 11.1 Å². The number of benzene rings is 2. The molecule has 1 amide bonds. The maximum Gasteiger partial charge on any atom is 0.261 e. The van der Waals surface area contributed by atoms with Crippen molar-refractivity contribution >= 4 is 21.6 Å². The van der Waals surface area contributed by atoms with E-state index in [4.69, 9.17) is 0 Å². The molecule has 0 saturated heterocycles. The van der Waals surface area contributed by atoms with E-state index in [0.29, 0.717) is 17.8 Å². The Morgan fingerprint density at radius 2 is 1.78 bits per heavy atom. The first kappa shape index (κ1) is 18.7. The molecule has 27 heavy (non-hydrogen) atoms. The molecule has 1 aromatic heterocycles. The number of anilines is 1. The van der Waals surface area contributed by atoms with Gasteiger partial charge in [-0.3, -0.25) is 14.2 Å². The molecule has 2 aromatic carbocycles. The molecular weight excluding hydrogens is 364 g/mol. The van der Waals surface area contributed by atoms with Crippen molar-refractivity contribution in [2.45, 2.75) is 11.4 Å². The van der Waals surface area contributed by atoms with E-state index < -0.39 is 10.0 Å². The summed E-state index contributed by atoms with van der Waals surface area (Å²) in [6, 6.07) is 14.5. The quantitative estimate of drug-likeness (QED) is 0.708. The normalized spacial score (nSPS) is 11.2. The van der Waals surface area contributed by atoms with E-state index in [1.807, 2.05) is 13.2 Å². The Morgan fingerprint density at radius 3 is 2.37 bits per heavy atom. The van der Waals surface area contributed by atoms with Gasteiger partial charge in [0.25, 0.3) is 15.9 Å². The van der Waals surface area contributed by atoms with Crippen LogP contribution in [0.5, 0.6) is 0 Å². The van der Waals surface area contributed by atoms with Crippen LogP contribution in [0.3, 0.4) is 0 Å². The molecule has 0 bridgehead atoms. The lowest BCUT2D eigenvalue weighted by Gasteiger charge is -2.16. The first-order valence-electron chi connectivity index (χ1n) is 8.26. The zero-order chi connectivity index (χ0) is 19.4. The fourth-order valence-electron chi connectivity index (χ4n) is 2.61. The van der Waals surface area contributed by atoms with Crippen LogP contribution >= 0.6 is 0 Å². The molecule has 0 unspecified atom stereocenters. The zero-order valence-electron chi connectivity index (χ0n) is 15.0. The highest BCUT2D eigenvalue weighted by Crippen LogP contribution is 2.17. The number of hydrogen-bond acceptors (Lipinski definition) is 4. The van der Waals surface area contributed by atoms with Gasteiger partial charge < -0.3 is 4.90 Å². The minimum atomic E-state index is -3.66. The molecule has 0 atom stereocenters. The predicted octanol–water partition coefficient (Wildman–Crippen LogP) is 2.49. The monoisotopic (exact) mass is 384 g/mol. The van der Waals surface area contributed by atoms with Gasteiger partial charge in [-0.1, -0.05) is 18.2 Å². The highest BCUT2D eigenvalue weighted by molar-refractivity contribution is 7.92. The first-order chi connectivity index (χ1) is 12.8. The molecule has 0 spiro atoms. The second kappa shape index (κ2) is 7.63. The summed E-state index contributed by atoms with van der Waals surface area (Å²) < 4.78 is 28.9. The van der Waals surface area contributed by atoms with Crippen LogP contribution in [0.1, 0.15) is 15.9 Å². The molecule has 0 fully saturated rings. The van der Waals surface area contributed by atoms with Crippen LogP contribution in [0, 0.1) is 0 Å². The van der Waals surface area contributed by atoms with Gasteiger partial charge in [-0.2, -0.15) is 5.10 Å². The molecule has 0 saturated carbocycles. The lowest BCUT2D eigenvalue weighted by atomic mass is 10.2. The van der Waals surface area contributed by atoms with Gasteiger partial charge in [-0.05, 0) is 36.4 Å². The standard InChI is InChI=1S/C19H20N4O3S/c1-22(13-15-12-20-23(2)14-15)19(24)16-8-10-17(11-9-16)21-27(25,26)18-6-4-3-5-7-18/h3-12,14,21H,13H2,1-2H3. The lowest BCUT2D eigenvalue weighted by molar-refractivity contribution is 0.0785. The molecule has 0 aliphatic rings. The summed E-state index contributed by atoms with van der Waals surface area (Å²) in [5.74, 6) is -0.156. The minimum absolute atomic E-state index is 0.156. The summed E-state index contributed by atoms with van der Waals surface area (Å²) in [6.07, 6.45) is 3.57. The molecule has 3 rings (SSSR count). The summed E-state index contributed by atoms with van der Waals surface area (Å²) in [6.45, 7) is 0.440. The molecular formula is C19H20N4O3S. The van der Waals surface area contributed by atoms with Gasteiger partial charge in [-0.25, -0.2) is 8.42 Å². The number of aryl methyl sites for hydroxylation is 1. The van der Waals surface area contributed by atoms with Crippen LogP contribution in [-0.4, -0.2) is 36.1 Å². The number of carbonyl (C=O) groups is 1. The summed E-state index contributed by atoms with van der Waals surface area (Å²) >= 11 is 0. The van der Waals surface area contributed by atoms with Crippen molar-refractivity contribution in [3.63, 3.8) is 0 Å². The van der Waals surface area contributed by atoms with Crippen molar-refractivity contribution in [1.82, 2.24) is 14.7 Å². The summed E-state index contributed by atoms with van der Waals surface area (Å²) in [5, 5.41) is 4.09. The van der Waals surface area contributed by atoms with E-state index in [1.165, 1.54) is 12.1 Å². The fraction of sp³-hybridized carbons (Fsp3) is 0.158. The van der Waals surface area contributed by atoms with E-state index in [2.05, 4.69) is 9.82 Å². The van der Waals surface area contributed by atoms with Crippen LogP contribution in [0.25, 0.3) is 0 Å². The Labute approximate surface area is 158 Å². The highest BCUT2D eigenvalue weighted by atomic mass is 32.2. The van der Waals surface area contributed by atoms with E-state index in [0.717, 1.165) is 5.56 Å². The molecule has 1 N–H and O–H groups in total. The molecule has 0 aliphatic carbocycles. The summed E-state index contributed by atoms with van der Waals surface area (Å²) in [4.78, 5) is 14.3. The Hall–Kier alpha value is -3.13. The van der Waals surface area contributed by atoms with Crippen molar-refractivity contribution in [1.29, 1.82) is 0 Å². The van der Waals surface area contributed by atoms with Crippen LogP contribution in [-0.2, 0) is 23.6 Å². The Kier molecular flexibility index (Phi) is 5.27. The average molecular weight is 384 g/mol. The lowest BCUT2D eigenvalue weighted by Crippen LogP contribution is -2.26. The molecule has 0 aliphatic heterocycles. The van der Waals surface area contributed by atoms with Gasteiger partial charge in [0, 0.05) is 43.7 Å². The largest absolute Gasteiger partial charge is 0.337 e.